The number of sulfone groups is 1. The summed E-state index contributed by atoms with van der Waals surface area (Å²) in [6.07, 6.45) is 0. The standard InChI is InChI=1S/C26H22N2O6S2/c1-15-7-10-17(11-8-15)36(30,31)25-22(27)24(23(29)16-9-12-20-21(13-16)34-14-33-20)35-26(25)28-18-5-3-4-6-19(18)32-2/h3-13,28H,14,27H2,1-2H3. The Bertz CT molecular complexity index is 1580. The number of ketones is 1. The monoisotopic (exact) mass is 522 g/mol. The molecule has 0 saturated carbocycles. The van der Waals surface area contributed by atoms with E-state index in [1.807, 2.05) is 6.92 Å². The Labute approximate surface area is 212 Å². The maximum Gasteiger partial charge on any atom is 0.231 e. The van der Waals surface area contributed by atoms with E-state index in [1.54, 1.807) is 54.6 Å². The second-order valence-electron chi connectivity index (χ2n) is 8.04. The Morgan fingerprint density at radius 3 is 2.50 bits per heavy atom. The van der Waals surface area contributed by atoms with E-state index in [4.69, 9.17) is 19.9 Å². The van der Waals surface area contributed by atoms with Crippen LogP contribution in [0.1, 0.15) is 20.8 Å². The lowest BCUT2D eigenvalue weighted by Crippen LogP contribution is -2.08. The minimum Gasteiger partial charge on any atom is -0.495 e. The van der Waals surface area contributed by atoms with Gasteiger partial charge in [-0.2, -0.15) is 0 Å². The van der Waals surface area contributed by atoms with Gasteiger partial charge in [-0.05, 0) is 49.4 Å². The Kier molecular flexibility index (Phi) is 6.07. The van der Waals surface area contributed by atoms with Crippen LogP contribution in [0.2, 0.25) is 0 Å². The van der Waals surface area contributed by atoms with Gasteiger partial charge in [-0.15, -0.1) is 11.3 Å². The first-order valence-electron chi connectivity index (χ1n) is 10.9. The zero-order valence-electron chi connectivity index (χ0n) is 19.4. The topological polar surface area (TPSA) is 117 Å². The third-order valence-corrected chi connectivity index (χ3v) is 8.80. The number of rotatable bonds is 7. The van der Waals surface area contributed by atoms with Crippen molar-refractivity contribution in [2.24, 2.45) is 0 Å². The molecule has 3 aromatic carbocycles. The first-order chi connectivity index (χ1) is 17.3. The quantitative estimate of drug-likeness (QED) is 0.319. The number of methoxy groups -OCH3 is 1. The van der Waals surface area contributed by atoms with Gasteiger partial charge in [0.05, 0.1) is 23.4 Å². The predicted molar refractivity (Wildman–Crippen MR) is 138 cm³/mol. The summed E-state index contributed by atoms with van der Waals surface area (Å²) in [5.41, 5.74) is 8.04. The van der Waals surface area contributed by atoms with Crippen LogP contribution in [-0.2, 0) is 9.84 Å². The van der Waals surface area contributed by atoms with Crippen molar-refractivity contribution in [3.05, 3.63) is 82.7 Å². The molecule has 4 aromatic rings. The average Bonchev–Trinajstić information content (AvgIpc) is 3.48. The van der Waals surface area contributed by atoms with Gasteiger partial charge in [-0.1, -0.05) is 29.8 Å². The van der Waals surface area contributed by atoms with Gasteiger partial charge in [0.1, 0.15) is 20.5 Å². The number of nitrogens with two attached hydrogens (primary N) is 1. The van der Waals surface area contributed by atoms with Gasteiger partial charge < -0.3 is 25.3 Å². The van der Waals surface area contributed by atoms with Crippen LogP contribution in [0.25, 0.3) is 0 Å². The summed E-state index contributed by atoms with van der Waals surface area (Å²) in [6, 6.07) is 18.3. The zero-order valence-corrected chi connectivity index (χ0v) is 21.0. The van der Waals surface area contributed by atoms with E-state index in [0.717, 1.165) is 16.9 Å². The third kappa shape index (κ3) is 4.14. The van der Waals surface area contributed by atoms with Crippen molar-refractivity contribution < 1.29 is 27.4 Å². The molecule has 0 amide bonds. The lowest BCUT2D eigenvalue weighted by Gasteiger charge is -2.12. The number of nitrogens with one attached hydrogen (secondary N) is 1. The molecule has 10 heteroatoms. The number of hydrogen-bond donors (Lipinski definition) is 2. The highest BCUT2D eigenvalue weighted by Gasteiger charge is 2.32. The van der Waals surface area contributed by atoms with Crippen LogP contribution < -0.4 is 25.3 Å². The number of thiophene rings is 1. The molecule has 5 rings (SSSR count). The third-order valence-electron chi connectivity index (χ3n) is 5.70. The number of anilines is 3. The normalized spacial score (nSPS) is 12.4. The van der Waals surface area contributed by atoms with E-state index in [2.05, 4.69) is 5.32 Å². The molecule has 0 atom stereocenters. The molecule has 2 heterocycles. The number of fused-ring (bicyclic) bond motifs is 1. The lowest BCUT2D eigenvalue weighted by atomic mass is 10.1. The van der Waals surface area contributed by atoms with E-state index in [9.17, 15) is 13.2 Å². The number of para-hydroxylation sites is 2. The summed E-state index contributed by atoms with van der Waals surface area (Å²) in [7, 11) is -2.56. The van der Waals surface area contributed by atoms with Crippen LogP contribution in [-0.4, -0.2) is 28.1 Å². The van der Waals surface area contributed by atoms with Crippen LogP contribution >= 0.6 is 11.3 Å². The molecule has 0 spiro atoms. The van der Waals surface area contributed by atoms with Gasteiger partial charge in [0.2, 0.25) is 22.4 Å². The number of nitrogen functional groups attached to an aromatic ring is 1. The lowest BCUT2D eigenvalue weighted by molar-refractivity contribution is 0.104. The highest BCUT2D eigenvalue weighted by Crippen LogP contribution is 2.45. The van der Waals surface area contributed by atoms with E-state index in [1.165, 1.54) is 19.2 Å². The van der Waals surface area contributed by atoms with Crippen molar-refractivity contribution in [1.29, 1.82) is 0 Å². The smallest absolute Gasteiger partial charge is 0.231 e. The maximum atomic E-state index is 13.8. The first kappa shape index (κ1) is 23.7. The average molecular weight is 523 g/mol. The molecule has 0 bridgehead atoms. The van der Waals surface area contributed by atoms with E-state index in [0.29, 0.717) is 28.5 Å². The summed E-state index contributed by atoms with van der Waals surface area (Å²) >= 11 is 0.969. The second-order valence-corrected chi connectivity index (χ2v) is 10.9. The largest absolute Gasteiger partial charge is 0.495 e. The van der Waals surface area contributed by atoms with Crippen LogP contribution in [0.4, 0.5) is 16.4 Å². The fraction of sp³-hybridized carbons (Fsp3) is 0.115. The molecule has 36 heavy (non-hydrogen) atoms. The van der Waals surface area contributed by atoms with E-state index < -0.39 is 15.6 Å². The van der Waals surface area contributed by atoms with E-state index >= 15 is 0 Å². The summed E-state index contributed by atoms with van der Waals surface area (Å²) in [4.78, 5) is 13.5. The van der Waals surface area contributed by atoms with E-state index in [-0.39, 0.29) is 32.1 Å². The SMILES string of the molecule is COc1ccccc1Nc1sc(C(=O)c2ccc3c(c2)OCO3)c(N)c1S(=O)(=O)c1ccc(C)cc1. The van der Waals surface area contributed by atoms with Gasteiger partial charge in [0, 0.05) is 5.56 Å². The van der Waals surface area contributed by atoms with Crippen molar-refractivity contribution in [2.75, 3.05) is 25.0 Å². The highest BCUT2D eigenvalue weighted by atomic mass is 32.2. The molecule has 0 fully saturated rings. The van der Waals surface area contributed by atoms with Crippen molar-refractivity contribution in [3.8, 4) is 17.2 Å². The summed E-state index contributed by atoms with van der Waals surface area (Å²) in [5, 5.41) is 3.34. The minimum absolute atomic E-state index is 0.0695. The number of carbonyl (C=O) groups is 1. The molecule has 0 unspecified atom stereocenters. The fourth-order valence-corrected chi connectivity index (χ4v) is 6.75. The molecule has 3 N–H and O–H groups in total. The Morgan fingerprint density at radius 1 is 1.03 bits per heavy atom. The number of carbonyl (C=O) groups excluding carboxylic acids is 1. The number of aryl methyl sites for hydroxylation is 1. The van der Waals surface area contributed by atoms with Gasteiger partial charge >= 0.3 is 0 Å². The molecular weight excluding hydrogens is 500 g/mol. The molecular formula is C26H22N2O6S2. The van der Waals surface area contributed by atoms with Gasteiger partial charge in [0.15, 0.2) is 11.5 Å². The van der Waals surface area contributed by atoms with Crippen LogP contribution in [0.3, 0.4) is 0 Å². The van der Waals surface area contributed by atoms with Crippen LogP contribution in [0.15, 0.2) is 76.5 Å². The second kappa shape index (κ2) is 9.21. The Hall–Kier alpha value is -4.02. The van der Waals surface area contributed by atoms with Crippen LogP contribution in [0, 0.1) is 6.92 Å². The zero-order chi connectivity index (χ0) is 25.4. The number of hydrogen-bond acceptors (Lipinski definition) is 9. The summed E-state index contributed by atoms with van der Waals surface area (Å²) in [6.45, 7) is 1.94. The van der Waals surface area contributed by atoms with Crippen molar-refractivity contribution >= 4 is 43.3 Å². The molecule has 0 radical (unpaired) electrons. The van der Waals surface area contributed by atoms with Gasteiger partial charge in [0.25, 0.3) is 0 Å². The van der Waals surface area contributed by atoms with Crippen molar-refractivity contribution in [3.63, 3.8) is 0 Å². The van der Waals surface area contributed by atoms with Gasteiger partial charge in [-0.3, -0.25) is 4.79 Å². The van der Waals surface area contributed by atoms with Crippen molar-refractivity contribution in [2.45, 2.75) is 16.7 Å². The molecule has 0 saturated heterocycles. The first-order valence-corrected chi connectivity index (χ1v) is 13.2. The molecule has 1 aromatic heterocycles. The van der Waals surface area contributed by atoms with Gasteiger partial charge in [-0.25, -0.2) is 8.42 Å². The minimum atomic E-state index is -4.08. The summed E-state index contributed by atoms with van der Waals surface area (Å²) < 4.78 is 43.6. The molecule has 1 aliphatic heterocycles. The number of ether oxygens (including phenoxy) is 3. The van der Waals surface area contributed by atoms with Crippen LogP contribution in [0.5, 0.6) is 17.2 Å². The molecule has 184 valence electrons. The Morgan fingerprint density at radius 2 is 1.75 bits per heavy atom. The summed E-state index contributed by atoms with van der Waals surface area (Å²) in [5.74, 6) is 1.05. The van der Waals surface area contributed by atoms with Crippen molar-refractivity contribution in [1.82, 2.24) is 0 Å². The molecule has 8 nitrogen and oxygen atoms in total. The Balaban J connectivity index is 1.65. The number of benzene rings is 3. The predicted octanol–water partition coefficient (Wildman–Crippen LogP) is 5.18. The molecule has 0 aliphatic carbocycles. The maximum absolute atomic E-state index is 13.8. The molecule has 1 aliphatic rings. The fourth-order valence-electron chi connectivity index (χ4n) is 3.82. The highest BCUT2D eigenvalue weighted by molar-refractivity contribution is 7.92.